The van der Waals surface area contributed by atoms with Crippen LogP contribution in [0.15, 0.2) is 29.4 Å². The summed E-state index contributed by atoms with van der Waals surface area (Å²) in [4.78, 5) is 23.1. The van der Waals surface area contributed by atoms with Crippen molar-refractivity contribution >= 4 is 27.4 Å². The Kier molecular flexibility index (Phi) is 6.54. The van der Waals surface area contributed by atoms with Crippen molar-refractivity contribution in [3.63, 3.8) is 0 Å². The molecule has 1 aliphatic carbocycles. The number of piperidine rings is 1. The summed E-state index contributed by atoms with van der Waals surface area (Å²) in [7, 11) is -3.48. The van der Waals surface area contributed by atoms with Gasteiger partial charge in [0.15, 0.2) is 9.84 Å². The van der Waals surface area contributed by atoms with Crippen molar-refractivity contribution in [1.82, 2.24) is 14.9 Å². The zero-order valence-electron chi connectivity index (χ0n) is 21.5. The molecular weight excluding hydrogens is 499 g/mol. The number of halogens is 1. The number of benzene rings is 1. The lowest BCUT2D eigenvalue weighted by molar-refractivity contribution is -0.00770. The zero-order chi connectivity index (χ0) is 26.5. The van der Waals surface area contributed by atoms with Crippen LogP contribution in [0.25, 0.3) is 0 Å². The molecule has 0 radical (unpaired) electrons. The Morgan fingerprint density at radius 3 is 2.38 bits per heavy atom. The summed E-state index contributed by atoms with van der Waals surface area (Å²) in [6.07, 6.45) is 5.35. The van der Waals surface area contributed by atoms with E-state index in [0.29, 0.717) is 42.9 Å². The maximum Gasteiger partial charge on any atom is 0.410 e. The third-order valence-corrected chi connectivity index (χ3v) is 9.36. The van der Waals surface area contributed by atoms with Gasteiger partial charge in [0.05, 0.1) is 21.4 Å². The third-order valence-electron chi connectivity index (χ3n) is 7.10. The number of fused-ring (bicyclic) bond motifs is 2. The Balaban J connectivity index is 1.27. The highest BCUT2D eigenvalue weighted by Crippen LogP contribution is 2.39. The summed E-state index contributed by atoms with van der Waals surface area (Å²) in [5.41, 5.74) is 0.182. The molecule has 1 amide bonds. The number of sulfone groups is 1. The number of carbonyl (C=O) groups is 1. The molecule has 3 atom stereocenters. The minimum atomic E-state index is -3.48. The van der Waals surface area contributed by atoms with Crippen molar-refractivity contribution in [3.05, 3.63) is 35.9 Å². The number of aromatic nitrogens is 2. The summed E-state index contributed by atoms with van der Waals surface area (Å²) in [6.45, 7) is 7.37. The molecule has 2 saturated heterocycles. The standard InChI is InChI=1S/C26H33FN4O5S/c1-15-23(30-22-10-9-20(13-21(22)27)37(33,34)19-7-8-19)28-14-29-24(15)35-18-11-16-5-6-17(12-18)31(16)25(32)36-26(2,3)4/h9-10,13-14,16-19H,5-8,11-12H2,1-4H3,(H,28,29,30)/t16-,17?,18+/m0/s1. The maximum absolute atomic E-state index is 14.8. The van der Waals surface area contributed by atoms with Crippen LogP contribution in [-0.4, -0.2) is 58.4 Å². The van der Waals surface area contributed by atoms with Gasteiger partial charge in [0.2, 0.25) is 5.88 Å². The van der Waals surface area contributed by atoms with Crippen LogP contribution in [0.1, 0.15) is 64.9 Å². The fourth-order valence-electron chi connectivity index (χ4n) is 5.15. The quantitative estimate of drug-likeness (QED) is 0.559. The predicted molar refractivity (Wildman–Crippen MR) is 135 cm³/mol. The second kappa shape index (κ2) is 9.41. The van der Waals surface area contributed by atoms with Crippen LogP contribution < -0.4 is 10.1 Å². The van der Waals surface area contributed by atoms with E-state index < -0.39 is 26.5 Å². The van der Waals surface area contributed by atoms with Gasteiger partial charge in [0.25, 0.3) is 0 Å². The molecule has 2 aliphatic heterocycles. The highest BCUT2D eigenvalue weighted by Gasteiger charge is 2.46. The van der Waals surface area contributed by atoms with E-state index >= 15 is 0 Å². The van der Waals surface area contributed by atoms with E-state index in [1.54, 1.807) is 6.92 Å². The molecule has 3 fully saturated rings. The Morgan fingerprint density at radius 1 is 1.11 bits per heavy atom. The summed E-state index contributed by atoms with van der Waals surface area (Å²) in [5, 5.41) is 2.54. The number of rotatable bonds is 6. The van der Waals surface area contributed by atoms with Crippen molar-refractivity contribution in [2.45, 2.75) is 100 Å². The van der Waals surface area contributed by atoms with Gasteiger partial charge in [-0.25, -0.2) is 27.6 Å². The summed E-state index contributed by atoms with van der Waals surface area (Å²) in [6, 6.07) is 3.99. The van der Waals surface area contributed by atoms with Crippen LogP contribution in [0.3, 0.4) is 0 Å². The van der Waals surface area contributed by atoms with Crippen molar-refractivity contribution in [2.75, 3.05) is 5.32 Å². The number of nitrogens with zero attached hydrogens (tertiary/aromatic N) is 3. The van der Waals surface area contributed by atoms with E-state index in [1.807, 2.05) is 25.7 Å². The van der Waals surface area contributed by atoms with Crippen LogP contribution in [0, 0.1) is 12.7 Å². The normalized spacial score (nSPS) is 23.6. The largest absolute Gasteiger partial charge is 0.474 e. The smallest absolute Gasteiger partial charge is 0.410 e. The lowest BCUT2D eigenvalue weighted by Gasteiger charge is -2.39. The number of anilines is 2. The number of nitrogens with one attached hydrogen (secondary N) is 1. The van der Waals surface area contributed by atoms with Crippen molar-refractivity contribution < 1.29 is 27.1 Å². The molecule has 2 aromatic rings. The van der Waals surface area contributed by atoms with Gasteiger partial charge < -0.3 is 19.7 Å². The van der Waals surface area contributed by atoms with Crippen molar-refractivity contribution in [3.8, 4) is 5.88 Å². The first-order valence-electron chi connectivity index (χ1n) is 12.7. The van der Waals surface area contributed by atoms with Gasteiger partial charge in [0.1, 0.15) is 29.7 Å². The summed E-state index contributed by atoms with van der Waals surface area (Å²) >= 11 is 0. The highest BCUT2D eigenvalue weighted by atomic mass is 32.2. The van der Waals surface area contributed by atoms with E-state index in [1.165, 1.54) is 18.5 Å². The lowest BCUT2D eigenvalue weighted by atomic mass is 10.00. The zero-order valence-corrected chi connectivity index (χ0v) is 22.3. The average molecular weight is 533 g/mol. The first kappa shape index (κ1) is 25.7. The molecular formula is C26H33FN4O5S. The van der Waals surface area contributed by atoms with E-state index in [4.69, 9.17) is 9.47 Å². The second-order valence-electron chi connectivity index (χ2n) is 11.1. The van der Waals surface area contributed by atoms with E-state index in [-0.39, 0.29) is 34.9 Å². The van der Waals surface area contributed by atoms with Gasteiger partial charge in [-0.05, 0) is 71.6 Å². The molecule has 3 aliphatic rings. The molecule has 5 rings (SSSR count). The SMILES string of the molecule is Cc1c(Nc2ccc(S(=O)(=O)C3CC3)cc2F)ncnc1O[C@H]1CC2CC[C@@H](C1)N2C(=O)OC(C)(C)C. The van der Waals surface area contributed by atoms with E-state index in [0.717, 1.165) is 18.9 Å². The average Bonchev–Trinajstić information content (AvgIpc) is 3.62. The Bertz CT molecular complexity index is 1290. The van der Waals surface area contributed by atoms with Gasteiger partial charge in [-0.15, -0.1) is 0 Å². The fourth-order valence-corrected chi connectivity index (χ4v) is 6.81. The Hall–Kier alpha value is -2.95. The van der Waals surface area contributed by atoms with Crippen LogP contribution in [0.5, 0.6) is 5.88 Å². The third kappa shape index (κ3) is 5.37. The van der Waals surface area contributed by atoms with Gasteiger partial charge >= 0.3 is 6.09 Å². The topological polar surface area (TPSA) is 111 Å². The molecule has 1 unspecified atom stereocenters. The molecule has 37 heavy (non-hydrogen) atoms. The molecule has 1 aromatic carbocycles. The molecule has 3 heterocycles. The number of hydrogen-bond donors (Lipinski definition) is 1. The van der Waals surface area contributed by atoms with Crippen LogP contribution in [-0.2, 0) is 14.6 Å². The molecule has 1 N–H and O–H groups in total. The molecule has 0 spiro atoms. The Labute approximate surface area is 216 Å². The van der Waals surface area contributed by atoms with E-state index in [9.17, 15) is 17.6 Å². The number of carbonyl (C=O) groups excluding carboxylic acids is 1. The minimum Gasteiger partial charge on any atom is -0.474 e. The number of hydrogen-bond acceptors (Lipinski definition) is 8. The van der Waals surface area contributed by atoms with Crippen molar-refractivity contribution in [2.24, 2.45) is 0 Å². The fraction of sp³-hybridized carbons (Fsp3) is 0.577. The summed E-state index contributed by atoms with van der Waals surface area (Å²) in [5.74, 6) is 0.0881. The number of amides is 1. The first-order chi connectivity index (χ1) is 17.4. The van der Waals surface area contributed by atoms with Crippen LogP contribution in [0.4, 0.5) is 20.7 Å². The number of ether oxygens (including phenoxy) is 2. The van der Waals surface area contributed by atoms with E-state index in [2.05, 4.69) is 15.3 Å². The van der Waals surface area contributed by atoms with Gasteiger partial charge in [-0.1, -0.05) is 0 Å². The molecule has 1 saturated carbocycles. The monoisotopic (exact) mass is 532 g/mol. The Morgan fingerprint density at radius 2 is 1.78 bits per heavy atom. The highest BCUT2D eigenvalue weighted by molar-refractivity contribution is 7.92. The molecule has 1 aromatic heterocycles. The second-order valence-corrected chi connectivity index (χ2v) is 13.4. The summed E-state index contributed by atoms with van der Waals surface area (Å²) < 4.78 is 51.5. The maximum atomic E-state index is 14.8. The lowest BCUT2D eigenvalue weighted by Crippen LogP contribution is -2.50. The van der Waals surface area contributed by atoms with Gasteiger partial charge in [0, 0.05) is 24.9 Å². The molecule has 11 heteroatoms. The van der Waals surface area contributed by atoms with Crippen molar-refractivity contribution in [1.29, 1.82) is 0 Å². The molecule has 200 valence electrons. The van der Waals surface area contributed by atoms with Gasteiger partial charge in [-0.2, -0.15) is 0 Å². The molecule has 2 bridgehead atoms. The first-order valence-corrected chi connectivity index (χ1v) is 14.3. The minimum absolute atomic E-state index is 0.00571. The predicted octanol–water partition coefficient (Wildman–Crippen LogP) is 4.91. The molecule has 9 nitrogen and oxygen atoms in total. The van der Waals surface area contributed by atoms with Gasteiger partial charge in [-0.3, -0.25) is 0 Å². The van der Waals surface area contributed by atoms with Crippen LogP contribution >= 0.6 is 0 Å². The van der Waals surface area contributed by atoms with Crippen LogP contribution in [0.2, 0.25) is 0 Å².